The fraction of sp³-hybridized carbons (Fsp3) is 0.909. The largest absolute Gasteiger partial charge is 0.461 e. The summed E-state index contributed by atoms with van der Waals surface area (Å²) in [5, 5.41) is 0. The third-order valence-corrected chi connectivity index (χ3v) is 6.98. The van der Waals surface area contributed by atoms with Gasteiger partial charge in [0.05, 0.1) is 5.75 Å². The quantitative estimate of drug-likeness (QED) is 0.219. The average molecular weight is 463 g/mol. The van der Waals surface area contributed by atoms with Gasteiger partial charge in [-0.3, -0.25) is 4.18 Å². The van der Waals surface area contributed by atoms with Crippen LogP contribution in [0.3, 0.4) is 0 Å². The molecule has 2 aliphatic carbocycles. The molecule has 2 fully saturated rings. The van der Waals surface area contributed by atoms with E-state index in [1.807, 2.05) is 0 Å². The molecule has 2 saturated carbocycles. The predicted octanol–water partition coefficient (Wildman–Crippen LogP) is 3.66. The Labute approximate surface area is 186 Å². The molecular formula is C22H38O8S. The molecule has 0 aromatic carbocycles. The molecule has 9 heteroatoms. The van der Waals surface area contributed by atoms with Crippen LogP contribution in [0, 0.1) is 0 Å². The molecule has 0 radical (unpaired) electrons. The Hall–Kier alpha value is -1.19. The van der Waals surface area contributed by atoms with Crippen LogP contribution in [0.15, 0.2) is 0 Å². The summed E-state index contributed by atoms with van der Waals surface area (Å²) in [4.78, 5) is 23.5. The number of hydrogen-bond donors (Lipinski definition) is 0. The van der Waals surface area contributed by atoms with Crippen molar-refractivity contribution in [3.05, 3.63) is 0 Å². The number of rotatable bonds is 14. The molecule has 0 spiro atoms. The molecule has 0 atom stereocenters. The van der Waals surface area contributed by atoms with E-state index in [0.29, 0.717) is 19.4 Å². The summed E-state index contributed by atoms with van der Waals surface area (Å²) in [5.41, 5.74) is 0. The van der Waals surface area contributed by atoms with E-state index in [1.54, 1.807) is 0 Å². The number of ether oxygens (including phenoxy) is 3. The fourth-order valence-corrected chi connectivity index (χ4v) is 4.95. The fourth-order valence-electron chi connectivity index (χ4n) is 3.99. The summed E-state index contributed by atoms with van der Waals surface area (Å²) >= 11 is 0. The van der Waals surface area contributed by atoms with Crippen molar-refractivity contribution in [2.75, 3.05) is 25.6 Å². The van der Waals surface area contributed by atoms with E-state index < -0.39 is 22.7 Å². The third kappa shape index (κ3) is 12.4. The van der Waals surface area contributed by atoms with Crippen molar-refractivity contribution < 1.29 is 36.4 Å². The van der Waals surface area contributed by atoms with Gasteiger partial charge in [0.15, 0.2) is 6.61 Å². The second-order valence-corrected chi connectivity index (χ2v) is 10.2. The van der Waals surface area contributed by atoms with Crippen LogP contribution < -0.4 is 0 Å². The topological polar surface area (TPSA) is 105 Å². The zero-order valence-electron chi connectivity index (χ0n) is 18.6. The van der Waals surface area contributed by atoms with Gasteiger partial charge in [0, 0.05) is 6.61 Å². The first kappa shape index (κ1) is 26.1. The first-order valence-corrected chi connectivity index (χ1v) is 13.4. The molecule has 31 heavy (non-hydrogen) atoms. The molecule has 180 valence electrons. The lowest BCUT2D eigenvalue weighted by Crippen LogP contribution is -2.25. The molecule has 0 amide bonds. The van der Waals surface area contributed by atoms with Gasteiger partial charge < -0.3 is 14.2 Å². The van der Waals surface area contributed by atoms with Crippen LogP contribution in [0.4, 0.5) is 0 Å². The Morgan fingerprint density at radius 3 is 1.77 bits per heavy atom. The van der Waals surface area contributed by atoms with Gasteiger partial charge in [0.25, 0.3) is 10.1 Å². The second-order valence-electron chi connectivity index (χ2n) is 8.49. The van der Waals surface area contributed by atoms with Crippen molar-refractivity contribution in [1.29, 1.82) is 0 Å². The third-order valence-electron chi connectivity index (χ3n) is 5.71. The van der Waals surface area contributed by atoms with Gasteiger partial charge >= 0.3 is 11.9 Å². The molecule has 0 aromatic heterocycles. The molecule has 0 unspecified atom stereocenters. The smallest absolute Gasteiger partial charge is 0.333 e. The van der Waals surface area contributed by atoms with Gasteiger partial charge in [-0.15, -0.1) is 0 Å². The van der Waals surface area contributed by atoms with Crippen LogP contribution >= 0.6 is 0 Å². The average Bonchev–Trinajstić information content (AvgIpc) is 2.76. The minimum absolute atomic E-state index is 0.0321. The van der Waals surface area contributed by atoms with E-state index in [1.165, 1.54) is 6.42 Å². The summed E-state index contributed by atoms with van der Waals surface area (Å²) in [6.45, 7) is -0.144. The van der Waals surface area contributed by atoms with Gasteiger partial charge in [-0.25, -0.2) is 9.59 Å². The first-order valence-electron chi connectivity index (χ1n) is 11.8. The molecule has 2 rings (SSSR count). The molecule has 0 aliphatic heterocycles. The van der Waals surface area contributed by atoms with E-state index >= 15 is 0 Å². The molecule has 0 heterocycles. The molecular weight excluding hydrogens is 424 g/mol. The van der Waals surface area contributed by atoms with Crippen LogP contribution in [-0.4, -0.2) is 58.1 Å². The van der Waals surface area contributed by atoms with Crippen molar-refractivity contribution in [2.24, 2.45) is 0 Å². The van der Waals surface area contributed by atoms with Crippen LogP contribution in [-0.2, 0) is 38.1 Å². The van der Waals surface area contributed by atoms with Crippen LogP contribution in [0.5, 0.6) is 0 Å². The monoisotopic (exact) mass is 462 g/mol. The Morgan fingerprint density at radius 1 is 0.677 bits per heavy atom. The van der Waals surface area contributed by atoms with Gasteiger partial charge in [-0.05, 0) is 64.2 Å². The van der Waals surface area contributed by atoms with Crippen molar-refractivity contribution in [2.45, 2.75) is 102 Å². The number of carbonyl (C=O) groups excluding carboxylic acids is 2. The van der Waals surface area contributed by atoms with Crippen molar-refractivity contribution >= 4 is 22.1 Å². The maximum atomic E-state index is 11.9. The zero-order chi connectivity index (χ0) is 22.4. The number of hydrogen-bond acceptors (Lipinski definition) is 8. The molecule has 0 bridgehead atoms. The summed E-state index contributed by atoms with van der Waals surface area (Å²) in [5.74, 6) is -1.05. The zero-order valence-corrected chi connectivity index (χ0v) is 19.4. The molecule has 8 nitrogen and oxygen atoms in total. The van der Waals surface area contributed by atoms with E-state index in [9.17, 15) is 18.0 Å². The Balaban J connectivity index is 1.42. The highest BCUT2D eigenvalue weighted by atomic mass is 32.2. The normalized spacial score (nSPS) is 18.6. The SMILES string of the molecule is O=C(COCCCCCCS(=O)(=O)OCC(=O)OC1CCCCC1)OC1CCCCC1. The van der Waals surface area contributed by atoms with E-state index in [2.05, 4.69) is 0 Å². The lowest BCUT2D eigenvalue weighted by molar-refractivity contribution is -0.156. The summed E-state index contributed by atoms with van der Waals surface area (Å²) in [6, 6.07) is 0. The van der Waals surface area contributed by atoms with Crippen LogP contribution in [0.25, 0.3) is 0 Å². The highest BCUT2D eigenvalue weighted by Crippen LogP contribution is 2.21. The van der Waals surface area contributed by atoms with Gasteiger partial charge in [-0.2, -0.15) is 8.42 Å². The number of carbonyl (C=O) groups is 2. The standard InChI is InChI=1S/C22H38O8S/c23-21(29-19-11-5-3-6-12-19)17-27-15-9-1-2-10-16-31(25,26)28-18-22(24)30-20-13-7-4-8-14-20/h19-20H,1-18H2. The minimum atomic E-state index is -3.73. The lowest BCUT2D eigenvalue weighted by Gasteiger charge is -2.21. The van der Waals surface area contributed by atoms with Crippen molar-refractivity contribution in [3.8, 4) is 0 Å². The van der Waals surface area contributed by atoms with Gasteiger partial charge in [-0.1, -0.05) is 25.7 Å². The first-order chi connectivity index (χ1) is 14.9. The van der Waals surface area contributed by atoms with Crippen molar-refractivity contribution in [1.82, 2.24) is 0 Å². The Morgan fingerprint density at radius 2 is 1.19 bits per heavy atom. The molecule has 2 aliphatic rings. The summed E-state index contributed by atoms with van der Waals surface area (Å²) < 4.78 is 44.6. The number of esters is 2. The molecule has 0 N–H and O–H groups in total. The predicted molar refractivity (Wildman–Crippen MR) is 115 cm³/mol. The highest BCUT2D eigenvalue weighted by Gasteiger charge is 2.20. The van der Waals surface area contributed by atoms with Crippen molar-refractivity contribution in [3.63, 3.8) is 0 Å². The minimum Gasteiger partial charge on any atom is -0.461 e. The number of unbranched alkanes of at least 4 members (excludes halogenated alkanes) is 3. The highest BCUT2D eigenvalue weighted by molar-refractivity contribution is 7.86. The summed E-state index contributed by atoms with van der Waals surface area (Å²) in [6.07, 6.45) is 12.8. The van der Waals surface area contributed by atoms with Gasteiger partial charge in [0.1, 0.15) is 18.8 Å². The maximum Gasteiger partial charge on any atom is 0.333 e. The van der Waals surface area contributed by atoms with Gasteiger partial charge in [0.2, 0.25) is 0 Å². The van der Waals surface area contributed by atoms with Crippen LogP contribution in [0.2, 0.25) is 0 Å². The van der Waals surface area contributed by atoms with E-state index in [0.717, 1.165) is 70.6 Å². The maximum absolute atomic E-state index is 11.9. The molecule has 0 saturated heterocycles. The summed E-state index contributed by atoms with van der Waals surface area (Å²) in [7, 11) is -3.73. The lowest BCUT2D eigenvalue weighted by atomic mass is 9.98. The second kappa shape index (κ2) is 14.8. The Bertz CT molecular complexity index is 621. The molecule has 0 aromatic rings. The van der Waals surface area contributed by atoms with E-state index in [4.69, 9.17) is 18.4 Å². The Kier molecular flexibility index (Phi) is 12.4. The van der Waals surface area contributed by atoms with Crippen LogP contribution in [0.1, 0.15) is 89.9 Å². The van der Waals surface area contributed by atoms with E-state index in [-0.39, 0.29) is 30.5 Å².